The number of rotatable bonds is 8. The van der Waals surface area contributed by atoms with E-state index in [1.807, 2.05) is 48.5 Å². The maximum Gasteiger partial charge on any atom is 0.266 e. The summed E-state index contributed by atoms with van der Waals surface area (Å²) in [5.41, 5.74) is 9.30. The van der Waals surface area contributed by atoms with Crippen LogP contribution in [0.3, 0.4) is 0 Å². The zero-order valence-corrected chi connectivity index (χ0v) is 38.3. The van der Waals surface area contributed by atoms with Crippen LogP contribution in [0.25, 0.3) is 43.1 Å². The van der Waals surface area contributed by atoms with Crippen molar-refractivity contribution in [3.63, 3.8) is 0 Å². The van der Waals surface area contributed by atoms with Gasteiger partial charge in [0.25, 0.3) is 23.6 Å². The second-order valence-electron chi connectivity index (χ2n) is 19.9. The third-order valence-corrected chi connectivity index (χ3v) is 14.8. The molecule has 0 saturated carbocycles. The van der Waals surface area contributed by atoms with E-state index in [0.717, 1.165) is 118 Å². The first-order valence-corrected chi connectivity index (χ1v) is 23.6. The molecule has 0 unspecified atom stereocenters. The minimum atomic E-state index is -0.312. The van der Waals surface area contributed by atoms with Crippen molar-refractivity contribution < 1.29 is 19.2 Å². The highest BCUT2D eigenvalue weighted by Crippen LogP contribution is 2.54. The number of para-hydroxylation sites is 2. The van der Waals surface area contributed by atoms with Gasteiger partial charge in [0.2, 0.25) is 0 Å². The molecule has 2 fully saturated rings. The molecule has 2 saturated heterocycles. The molecule has 64 heavy (non-hydrogen) atoms. The Morgan fingerprint density at radius 3 is 1.00 bits per heavy atom. The molecule has 0 aliphatic carbocycles. The van der Waals surface area contributed by atoms with E-state index in [-0.39, 0.29) is 47.3 Å². The Bertz CT molecular complexity index is 2920. The van der Waals surface area contributed by atoms with Gasteiger partial charge in [-0.3, -0.25) is 19.2 Å². The summed E-state index contributed by atoms with van der Waals surface area (Å²) in [5.74, 6) is -0.883. The third kappa shape index (κ3) is 5.53. The van der Waals surface area contributed by atoms with Gasteiger partial charge in [-0.05, 0) is 107 Å². The van der Waals surface area contributed by atoms with Crippen molar-refractivity contribution in [3.8, 4) is 0 Å². The quantitative estimate of drug-likeness (QED) is 0.0861. The number of anilines is 4. The lowest BCUT2D eigenvalue weighted by molar-refractivity contribution is 0.0877. The van der Waals surface area contributed by atoms with Crippen molar-refractivity contribution in [3.05, 3.63) is 117 Å². The zero-order chi connectivity index (χ0) is 44.6. The van der Waals surface area contributed by atoms with Crippen LogP contribution in [-0.2, 0) is 0 Å². The molecule has 7 aromatic rings. The average Bonchev–Trinajstić information content (AvgIpc) is 4.03. The molecule has 0 bridgehead atoms. The summed E-state index contributed by atoms with van der Waals surface area (Å²) in [6.45, 7) is 20.3. The van der Waals surface area contributed by atoms with Crippen LogP contribution < -0.4 is 19.6 Å². The number of hydrogen-bond acceptors (Lipinski definition) is 6. The van der Waals surface area contributed by atoms with E-state index in [4.69, 9.17) is 0 Å². The molecule has 4 aliphatic rings. The lowest BCUT2D eigenvalue weighted by Crippen LogP contribution is -2.42. The monoisotopic (exact) mass is 848 g/mol. The Morgan fingerprint density at radius 1 is 0.375 bits per heavy atom. The molecule has 0 atom stereocenters. The smallest absolute Gasteiger partial charge is 0.266 e. The van der Waals surface area contributed by atoms with Gasteiger partial charge in [0.15, 0.2) is 0 Å². The topological polar surface area (TPSA) is 81.2 Å². The summed E-state index contributed by atoms with van der Waals surface area (Å²) in [6.07, 6.45) is 4.12. The minimum absolute atomic E-state index is 0.0851. The molecule has 0 aromatic heterocycles. The SMILES string of the molecule is CC(C)c1cccc(C(C)C)c1N1C(=O)c2ccc3c4c(N5CCCC5)cc5c6c(ccc(c7c(N8CCCC8)cc(c2c37)C1=O)c64)C(=O)N(c1c(C(C)C)cccc1C(C)C)C5=O. The number of nitrogens with zero attached hydrogens (tertiary/aromatic N) is 4. The lowest BCUT2D eigenvalue weighted by atomic mass is 9.80. The van der Waals surface area contributed by atoms with Gasteiger partial charge in [-0.1, -0.05) is 104 Å². The molecular formula is C56H56N4O4. The first-order valence-electron chi connectivity index (χ1n) is 23.6. The second kappa shape index (κ2) is 14.6. The van der Waals surface area contributed by atoms with Crippen LogP contribution in [0.4, 0.5) is 22.7 Å². The number of benzene rings is 7. The Labute approximate surface area is 375 Å². The predicted molar refractivity (Wildman–Crippen MR) is 262 cm³/mol. The summed E-state index contributed by atoms with van der Waals surface area (Å²) < 4.78 is 0. The van der Waals surface area contributed by atoms with Gasteiger partial charge in [-0.15, -0.1) is 0 Å². The van der Waals surface area contributed by atoms with E-state index in [1.165, 1.54) is 9.80 Å². The van der Waals surface area contributed by atoms with Crippen molar-refractivity contribution >= 4 is 89.5 Å². The van der Waals surface area contributed by atoms with Crippen LogP contribution in [0.1, 0.15) is 168 Å². The van der Waals surface area contributed by atoms with Gasteiger partial charge in [0.1, 0.15) is 0 Å². The van der Waals surface area contributed by atoms with Gasteiger partial charge < -0.3 is 9.80 Å². The largest absolute Gasteiger partial charge is 0.371 e. The zero-order valence-electron chi connectivity index (χ0n) is 38.3. The molecule has 0 N–H and O–H groups in total. The van der Waals surface area contributed by atoms with Crippen LogP contribution in [0.15, 0.2) is 72.8 Å². The van der Waals surface area contributed by atoms with E-state index in [9.17, 15) is 0 Å². The number of carbonyl (C=O) groups is 4. The van der Waals surface area contributed by atoms with Gasteiger partial charge in [0.05, 0.1) is 22.5 Å². The Hall–Kier alpha value is -6.28. The Kier molecular flexibility index (Phi) is 9.25. The number of fused-ring (bicyclic) bond motifs is 2. The molecule has 8 nitrogen and oxygen atoms in total. The second-order valence-corrected chi connectivity index (χ2v) is 19.9. The van der Waals surface area contributed by atoms with Gasteiger partial charge >= 0.3 is 0 Å². The van der Waals surface area contributed by atoms with E-state index in [0.29, 0.717) is 44.4 Å². The van der Waals surface area contributed by atoms with Crippen molar-refractivity contribution in [1.82, 2.24) is 0 Å². The summed E-state index contributed by atoms with van der Waals surface area (Å²) in [6, 6.07) is 24.4. The maximum absolute atomic E-state index is 15.5. The van der Waals surface area contributed by atoms with Crippen LogP contribution in [0, 0.1) is 0 Å². The van der Waals surface area contributed by atoms with E-state index < -0.39 is 0 Å². The van der Waals surface area contributed by atoms with Crippen molar-refractivity contribution in [2.45, 2.75) is 105 Å². The number of hydrogen-bond donors (Lipinski definition) is 0. The molecule has 8 heteroatoms. The molecule has 4 heterocycles. The molecule has 0 radical (unpaired) electrons. The molecule has 11 rings (SSSR count). The molecule has 0 spiro atoms. The fourth-order valence-corrected chi connectivity index (χ4v) is 11.8. The normalized spacial score (nSPS) is 16.8. The summed E-state index contributed by atoms with van der Waals surface area (Å²) in [5, 5.41) is 6.98. The lowest BCUT2D eigenvalue weighted by Gasteiger charge is -2.35. The molecule has 324 valence electrons. The molecule has 4 amide bonds. The van der Waals surface area contributed by atoms with Gasteiger partial charge in [-0.2, -0.15) is 0 Å². The van der Waals surface area contributed by atoms with Gasteiger partial charge in [-0.25, -0.2) is 9.80 Å². The molecular weight excluding hydrogens is 793 g/mol. The molecule has 4 aliphatic heterocycles. The highest BCUT2D eigenvalue weighted by atomic mass is 16.2. The first-order chi connectivity index (χ1) is 30.8. The highest BCUT2D eigenvalue weighted by molar-refractivity contribution is 6.48. The van der Waals surface area contributed by atoms with Crippen LogP contribution in [-0.4, -0.2) is 49.8 Å². The fourth-order valence-electron chi connectivity index (χ4n) is 11.8. The minimum Gasteiger partial charge on any atom is -0.371 e. The van der Waals surface area contributed by atoms with Crippen LogP contribution >= 0.6 is 0 Å². The van der Waals surface area contributed by atoms with Crippen molar-refractivity contribution in [1.29, 1.82) is 0 Å². The predicted octanol–water partition coefficient (Wildman–Crippen LogP) is 13.0. The summed E-state index contributed by atoms with van der Waals surface area (Å²) in [4.78, 5) is 69.1. The summed E-state index contributed by atoms with van der Waals surface area (Å²) >= 11 is 0. The fraction of sp³-hybridized carbons (Fsp3) is 0.357. The Balaban J connectivity index is 1.25. The number of imide groups is 2. The summed E-state index contributed by atoms with van der Waals surface area (Å²) in [7, 11) is 0. The van der Waals surface area contributed by atoms with E-state index in [1.54, 1.807) is 0 Å². The van der Waals surface area contributed by atoms with Gasteiger partial charge in [0, 0.05) is 81.0 Å². The van der Waals surface area contributed by atoms with E-state index in [2.05, 4.69) is 89.5 Å². The number of amides is 4. The van der Waals surface area contributed by atoms with Crippen LogP contribution in [0.2, 0.25) is 0 Å². The number of carbonyl (C=O) groups excluding carboxylic acids is 4. The standard InChI is InChI=1S/C56H56N4O4/c1-29(2)33-15-13-16-34(30(3)4)51(33)59-53(61)39-21-19-37-48-44(58-25-11-12-26-58)28-42-46-40(54(62)60(56(42)64)52-35(31(5)6)17-14-18-36(52)32(7)8)22-20-38(50(46)48)47-43(57-23-9-10-24-57)27-41(55(59)63)45(39)49(37)47/h13-22,27-32H,9-12,23-26H2,1-8H3. The van der Waals surface area contributed by atoms with Crippen molar-refractivity contribution in [2.24, 2.45) is 0 Å². The maximum atomic E-state index is 15.5. The first kappa shape index (κ1) is 40.5. The highest BCUT2D eigenvalue weighted by Gasteiger charge is 2.42. The average molecular weight is 849 g/mol. The Morgan fingerprint density at radius 2 is 0.688 bits per heavy atom. The van der Waals surface area contributed by atoms with E-state index >= 15 is 19.2 Å². The molecule has 7 aromatic carbocycles. The third-order valence-electron chi connectivity index (χ3n) is 14.8. The van der Waals surface area contributed by atoms with Crippen molar-refractivity contribution in [2.75, 3.05) is 45.8 Å². The van der Waals surface area contributed by atoms with Crippen LogP contribution in [0.5, 0.6) is 0 Å².